The van der Waals surface area contributed by atoms with Crippen LogP contribution in [0.15, 0.2) is 45.3 Å². The topological polar surface area (TPSA) is 49.8 Å². The van der Waals surface area contributed by atoms with Crippen LogP contribution >= 0.6 is 31.9 Å². The number of hydrogen-bond acceptors (Lipinski definition) is 2. The van der Waals surface area contributed by atoms with Crippen LogP contribution in [0, 0.1) is 23.0 Å². The zero-order chi connectivity index (χ0) is 15.1. The summed E-state index contributed by atoms with van der Waals surface area (Å²) in [6, 6.07) is 10.5. The first-order valence-electron chi connectivity index (χ1n) is 5.46. The molecule has 2 nitrogen and oxygen atoms in total. The summed E-state index contributed by atoms with van der Waals surface area (Å²) in [6.07, 6.45) is 0. The molecule has 0 bridgehead atoms. The maximum Gasteiger partial charge on any atom is 0.125 e. The Morgan fingerprint density at radius 3 is 1.95 bits per heavy atom. The number of rotatable bonds is 1. The number of halogens is 4. The van der Waals surface area contributed by atoms with E-state index in [4.69, 9.17) is 11.0 Å². The molecule has 0 aliphatic rings. The lowest BCUT2D eigenvalue weighted by atomic mass is 10.2. The van der Waals surface area contributed by atoms with Gasteiger partial charge in [0.1, 0.15) is 11.6 Å². The van der Waals surface area contributed by atoms with Crippen LogP contribution in [0.25, 0.3) is 0 Å². The second-order valence-corrected chi connectivity index (χ2v) is 5.58. The lowest BCUT2D eigenvalue weighted by molar-refractivity contribution is 0.624. The molecule has 20 heavy (non-hydrogen) atoms. The van der Waals surface area contributed by atoms with Crippen molar-refractivity contribution >= 4 is 31.9 Å². The van der Waals surface area contributed by atoms with Gasteiger partial charge in [-0.2, -0.15) is 5.26 Å². The lowest BCUT2D eigenvalue weighted by Crippen LogP contribution is -1.96. The minimum Gasteiger partial charge on any atom is -0.326 e. The fourth-order valence-corrected chi connectivity index (χ4v) is 2.33. The number of nitrogens with two attached hydrogens (primary N) is 1. The first-order chi connectivity index (χ1) is 9.44. The quantitative estimate of drug-likeness (QED) is 0.761. The van der Waals surface area contributed by atoms with Crippen molar-refractivity contribution in [2.45, 2.75) is 6.54 Å². The van der Waals surface area contributed by atoms with Crippen molar-refractivity contribution < 1.29 is 8.78 Å². The number of nitrogens with zero attached hydrogens (tertiary/aromatic N) is 1. The zero-order valence-corrected chi connectivity index (χ0v) is 13.4. The van der Waals surface area contributed by atoms with Crippen LogP contribution in [0.4, 0.5) is 8.78 Å². The molecule has 6 heteroatoms. The summed E-state index contributed by atoms with van der Waals surface area (Å²) >= 11 is 6.22. The summed E-state index contributed by atoms with van der Waals surface area (Å²) < 4.78 is 26.3. The van der Waals surface area contributed by atoms with E-state index in [0.717, 1.165) is 10.0 Å². The molecular formula is C14H10Br2F2N2. The first-order valence-corrected chi connectivity index (χ1v) is 7.04. The van der Waals surface area contributed by atoms with Crippen LogP contribution in [-0.2, 0) is 6.54 Å². The molecule has 0 fully saturated rings. The summed E-state index contributed by atoms with van der Waals surface area (Å²) in [5, 5.41) is 8.35. The second-order valence-electron chi connectivity index (χ2n) is 3.75. The van der Waals surface area contributed by atoms with Crippen molar-refractivity contribution in [2.75, 3.05) is 0 Å². The van der Waals surface area contributed by atoms with Gasteiger partial charge >= 0.3 is 0 Å². The van der Waals surface area contributed by atoms with Crippen LogP contribution < -0.4 is 5.73 Å². The third-order valence-corrected chi connectivity index (χ3v) is 3.07. The SMILES string of the molecule is N#Cc1cc(F)cc(Br)c1.NCc1cc(F)cc(Br)c1. The average molecular weight is 404 g/mol. The van der Waals surface area contributed by atoms with Crippen molar-refractivity contribution in [1.29, 1.82) is 5.26 Å². The highest BCUT2D eigenvalue weighted by Gasteiger charge is 1.96. The van der Waals surface area contributed by atoms with Gasteiger partial charge in [-0.25, -0.2) is 8.78 Å². The summed E-state index contributed by atoms with van der Waals surface area (Å²) in [4.78, 5) is 0. The molecule has 0 atom stereocenters. The second kappa shape index (κ2) is 8.10. The van der Waals surface area contributed by atoms with E-state index >= 15 is 0 Å². The van der Waals surface area contributed by atoms with Gasteiger partial charge in [-0.05, 0) is 42.0 Å². The van der Waals surface area contributed by atoms with E-state index in [1.165, 1.54) is 24.3 Å². The molecule has 2 aromatic carbocycles. The predicted molar refractivity (Wildman–Crippen MR) is 80.8 cm³/mol. The van der Waals surface area contributed by atoms with Crippen LogP contribution in [0.3, 0.4) is 0 Å². The van der Waals surface area contributed by atoms with E-state index in [0.29, 0.717) is 16.6 Å². The van der Waals surface area contributed by atoms with Gasteiger partial charge in [-0.15, -0.1) is 0 Å². The van der Waals surface area contributed by atoms with Crippen molar-refractivity contribution in [1.82, 2.24) is 0 Å². The van der Waals surface area contributed by atoms with Gasteiger partial charge in [0.25, 0.3) is 0 Å². The van der Waals surface area contributed by atoms with E-state index in [1.807, 2.05) is 6.07 Å². The van der Waals surface area contributed by atoms with Gasteiger partial charge < -0.3 is 5.73 Å². The molecule has 0 saturated carbocycles. The van der Waals surface area contributed by atoms with Gasteiger partial charge in [0.15, 0.2) is 0 Å². The standard InChI is InChI=1S/C7H7BrFN.C7H3BrFN/c2*8-6-1-5(4-10)2-7(9)3-6/h1-3H,4,10H2;1-3H. The molecule has 2 aromatic rings. The van der Waals surface area contributed by atoms with E-state index in [9.17, 15) is 8.78 Å². The highest BCUT2D eigenvalue weighted by molar-refractivity contribution is 9.10. The summed E-state index contributed by atoms with van der Waals surface area (Å²) in [5.41, 5.74) is 6.42. The monoisotopic (exact) mass is 402 g/mol. The molecule has 0 radical (unpaired) electrons. The van der Waals surface area contributed by atoms with E-state index in [2.05, 4.69) is 31.9 Å². The van der Waals surface area contributed by atoms with E-state index in [-0.39, 0.29) is 5.82 Å². The smallest absolute Gasteiger partial charge is 0.125 e. The Bertz CT molecular complexity index is 599. The van der Waals surface area contributed by atoms with Crippen LogP contribution in [-0.4, -0.2) is 0 Å². The molecule has 0 unspecified atom stereocenters. The molecule has 0 aliphatic heterocycles. The van der Waals surface area contributed by atoms with Gasteiger partial charge in [0, 0.05) is 15.5 Å². The maximum absolute atomic E-state index is 12.5. The zero-order valence-electron chi connectivity index (χ0n) is 10.2. The van der Waals surface area contributed by atoms with E-state index < -0.39 is 5.82 Å². The van der Waals surface area contributed by atoms with Gasteiger partial charge in [-0.1, -0.05) is 31.9 Å². The molecule has 0 amide bonds. The fraction of sp³-hybridized carbons (Fsp3) is 0.0714. The Hall–Kier alpha value is -1.29. The number of benzene rings is 2. The number of hydrogen-bond donors (Lipinski definition) is 1. The highest BCUT2D eigenvalue weighted by atomic mass is 79.9. The van der Waals surface area contributed by atoms with Crippen LogP contribution in [0.1, 0.15) is 11.1 Å². The molecule has 0 aromatic heterocycles. The highest BCUT2D eigenvalue weighted by Crippen LogP contribution is 2.14. The van der Waals surface area contributed by atoms with Crippen LogP contribution in [0.5, 0.6) is 0 Å². The summed E-state index contributed by atoms with van der Waals surface area (Å²) in [6.45, 7) is 0.371. The molecule has 0 heterocycles. The lowest BCUT2D eigenvalue weighted by Gasteiger charge is -1.96. The third kappa shape index (κ3) is 5.78. The maximum atomic E-state index is 12.5. The molecule has 0 aliphatic carbocycles. The molecule has 2 N–H and O–H groups in total. The van der Waals surface area contributed by atoms with Crippen molar-refractivity contribution in [2.24, 2.45) is 5.73 Å². The molecule has 0 spiro atoms. The summed E-state index contributed by atoms with van der Waals surface area (Å²) in [5.74, 6) is -0.652. The predicted octanol–water partition coefficient (Wildman–Crippen LogP) is 4.51. The molecular weight excluding hydrogens is 394 g/mol. The Morgan fingerprint density at radius 1 is 0.950 bits per heavy atom. The Morgan fingerprint density at radius 2 is 1.50 bits per heavy atom. The van der Waals surface area contributed by atoms with Gasteiger partial charge in [0.05, 0.1) is 11.6 Å². The minimum atomic E-state index is -0.397. The Kier molecular flexibility index (Phi) is 6.79. The Labute approximate surface area is 132 Å². The average Bonchev–Trinajstić information content (AvgIpc) is 2.37. The van der Waals surface area contributed by atoms with Gasteiger partial charge in [-0.3, -0.25) is 0 Å². The molecule has 0 saturated heterocycles. The summed E-state index contributed by atoms with van der Waals surface area (Å²) in [7, 11) is 0. The largest absolute Gasteiger partial charge is 0.326 e. The first kappa shape index (κ1) is 16.8. The minimum absolute atomic E-state index is 0.255. The molecule has 104 valence electrons. The Balaban J connectivity index is 0.000000200. The van der Waals surface area contributed by atoms with Gasteiger partial charge in [0.2, 0.25) is 0 Å². The normalized spacial score (nSPS) is 9.40. The van der Waals surface area contributed by atoms with Crippen molar-refractivity contribution in [3.05, 3.63) is 68.1 Å². The third-order valence-electron chi connectivity index (χ3n) is 2.15. The van der Waals surface area contributed by atoms with E-state index in [1.54, 1.807) is 12.1 Å². The van der Waals surface area contributed by atoms with Crippen LogP contribution in [0.2, 0.25) is 0 Å². The number of nitriles is 1. The molecule has 2 rings (SSSR count). The fourth-order valence-electron chi connectivity index (χ4n) is 1.35. The van der Waals surface area contributed by atoms with Crippen molar-refractivity contribution in [3.8, 4) is 6.07 Å². The van der Waals surface area contributed by atoms with Crippen molar-refractivity contribution in [3.63, 3.8) is 0 Å².